The van der Waals surface area contributed by atoms with Crippen LogP contribution < -0.4 is 5.43 Å². The molecule has 8 nitrogen and oxygen atoms in total. The lowest BCUT2D eigenvalue weighted by Crippen LogP contribution is -2.30. The lowest BCUT2D eigenvalue weighted by Gasteiger charge is -2.18. The average Bonchev–Trinajstić information content (AvgIpc) is 2.69. The normalized spacial score (nSPS) is 12.5. The Morgan fingerprint density at radius 2 is 1.83 bits per heavy atom. The Balaban J connectivity index is 2.25. The van der Waals surface area contributed by atoms with Gasteiger partial charge in [0.2, 0.25) is 10.0 Å². The van der Waals surface area contributed by atoms with E-state index in [9.17, 15) is 18.5 Å². The number of sulfonamides is 1. The topological polar surface area (TPSA) is 105 Å². The van der Waals surface area contributed by atoms with Crippen LogP contribution in [0.15, 0.2) is 64.1 Å². The minimum atomic E-state index is -3.79. The van der Waals surface area contributed by atoms with Crippen LogP contribution in [0.1, 0.15) is 26.3 Å². The van der Waals surface area contributed by atoms with Crippen LogP contribution in [0.4, 0.5) is 11.4 Å². The third-order valence-corrected chi connectivity index (χ3v) is 6.20. The number of allylic oxidation sites excluding steroid dienone is 1. The maximum atomic E-state index is 12.6. The molecular weight excluding hydrogens is 392 g/mol. The van der Waals surface area contributed by atoms with E-state index in [0.717, 1.165) is 17.2 Å². The monoisotopic (exact) mass is 416 g/mol. The summed E-state index contributed by atoms with van der Waals surface area (Å²) in [6, 6.07) is 13.4. The highest BCUT2D eigenvalue weighted by Gasteiger charge is 2.25. The van der Waals surface area contributed by atoms with Crippen molar-refractivity contribution in [3.8, 4) is 0 Å². The smallest absolute Gasteiger partial charge is 0.272 e. The summed E-state index contributed by atoms with van der Waals surface area (Å²) in [4.78, 5) is 10.7. The van der Waals surface area contributed by atoms with E-state index in [4.69, 9.17) is 0 Å². The number of rotatable bonds is 9. The molecule has 0 amide bonds. The van der Waals surface area contributed by atoms with E-state index in [0.29, 0.717) is 0 Å². The van der Waals surface area contributed by atoms with E-state index in [-0.39, 0.29) is 29.4 Å². The zero-order valence-corrected chi connectivity index (χ0v) is 17.4. The van der Waals surface area contributed by atoms with Crippen molar-refractivity contribution in [2.45, 2.75) is 25.7 Å². The number of anilines is 1. The molecule has 2 rings (SSSR count). The highest BCUT2D eigenvalue weighted by atomic mass is 32.2. The summed E-state index contributed by atoms with van der Waals surface area (Å²) in [5.74, 6) is 0. The molecule has 9 heteroatoms. The second kappa shape index (κ2) is 9.94. The lowest BCUT2D eigenvalue weighted by molar-refractivity contribution is -0.384. The number of hydrazone groups is 1. The van der Waals surface area contributed by atoms with Crippen LogP contribution in [-0.4, -0.2) is 37.0 Å². The van der Waals surface area contributed by atoms with Gasteiger partial charge in [0.05, 0.1) is 16.0 Å². The third kappa shape index (κ3) is 5.72. The second-order valence-electron chi connectivity index (χ2n) is 6.19. The Labute approximate surface area is 170 Å². The van der Waals surface area contributed by atoms with Gasteiger partial charge in [-0.2, -0.15) is 9.41 Å². The maximum Gasteiger partial charge on any atom is 0.295 e. The first kappa shape index (κ1) is 22.3. The van der Waals surface area contributed by atoms with Crippen LogP contribution in [0.5, 0.6) is 0 Å². The predicted molar refractivity (Wildman–Crippen MR) is 115 cm³/mol. The van der Waals surface area contributed by atoms with Crippen molar-refractivity contribution in [2.24, 2.45) is 5.10 Å². The van der Waals surface area contributed by atoms with Crippen molar-refractivity contribution in [1.29, 1.82) is 0 Å². The van der Waals surface area contributed by atoms with Crippen LogP contribution in [-0.2, 0) is 10.0 Å². The van der Waals surface area contributed by atoms with E-state index in [1.165, 1.54) is 22.7 Å². The number of nitrogens with one attached hydrogen (secondary N) is 1. The zero-order chi connectivity index (χ0) is 21.4. The Morgan fingerprint density at radius 3 is 2.41 bits per heavy atom. The molecule has 0 heterocycles. The summed E-state index contributed by atoms with van der Waals surface area (Å²) in [5.41, 5.74) is 4.22. The molecule has 0 saturated heterocycles. The minimum Gasteiger partial charge on any atom is -0.272 e. The molecule has 0 bridgehead atoms. The van der Waals surface area contributed by atoms with E-state index in [1.54, 1.807) is 13.8 Å². The average molecular weight is 417 g/mol. The number of hydrogen-bond acceptors (Lipinski definition) is 6. The molecule has 0 atom stereocenters. The second-order valence-corrected chi connectivity index (χ2v) is 8.13. The lowest BCUT2D eigenvalue weighted by atomic mass is 10.1. The summed E-state index contributed by atoms with van der Waals surface area (Å²) < 4.78 is 26.5. The largest absolute Gasteiger partial charge is 0.295 e. The van der Waals surface area contributed by atoms with Gasteiger partial charge < -0.3 is 0 Å². The Morgan fingerprint density at radius 1 is 1.17 bits per heavy atom. The van der Waals surface area contributed by atoms with Crippen LogP contribution >= 0.6 is 0 Å². The van der Waals surface area contributed by atoms with Gasteiger partial charge in [-0.3, -0.25) is 15.5 Å². The molecule has 0 spiro atoms. The Kier molecular flexibility index (Phi) is 7.63. The van der Waals surface area contributed by atoms with E-state index >= 15 is 0 Å². The fraction of sp³-hybridized carbons (Fsp3) is 0.250. The number of nitro benzene ring substituents is 1. The van der Waals surface area contributed by atoms with Crippen molar-refractivity contribution >= 4 is 33.7 Å². The van der Waals surface area contributed by atoms with Crippen LogP contribution in [0, 0.1) is 10.1 Å². The van der Waals surface area contributed by atoms with Crippen molar-refractivity contribution < 1.29 is 13.3 Å². The predicted octanol–water partition coefficient (Wildman–Crippen LogP) is 4.13. The quantitative estimate of drug-likeness (QED) is 0.376. The van der Waals surface area contributed by atoms with Crippen molar-refractivity contribution in [2.75, 3.05) is 18.5 Å². The van der Waals surface area contributed by atoms with Crippen molar-refractivity contribution in [3.63, 3.8) is 0 Å². The molecular formula is C20H24N4O4S. The van der Waals surface area contributed by atoms with Gasteiger partial charge in [-0.15, -0.1) is 0 Å². The Hall–Kier alpha value is -3.04. The maximum absolute atomic E-state index is 12.6. The van der Waals surface area contributed by atoms with Gasteiger partial charge in [0, 0.05) is 19.2 Å². The molecule has 0 aromatic heterocycles. The van der Waals surface area contributed by atoms with Gasteiger partial charge in [0.25, 0.3) is 5.69 Å². The Bertz CT molecular complexity index is 1010. The molecule has 2 aromatic rings. The highest BCUT2D eigenvalue weighted by molar-refractivity contribution is 7.89. The van der Waals surface area contributed by atoms with Gasteiger partial charge in [-0.05, 0) is 30.2 Å². The summed E-state index contributed by atoms with van der Waals surface area (Å²) in [6.45, 7) is 5.84. The van der Waals surface area contributed by atoms with E-state index in [2.05, 4.69) is 10.5 Å². The van der Waals surface area contributed by atoms with Gasteiger partial charge in [-0.25, -0.2) is 8.42 Å². The minimum absolute atomic E-state index is 0.109. The molecule has 0 aliphatic rings. The number of benzene rings is 2. The highest BCUT2D eigenvalue weighted by Crippen LogP contribution is 2.29. The molecule has 0 saturated carbocycles. The zero-order valence-electron chi connectivity index (χ0n) is 16.6. The third-order valence-electron chi connectivity index (χ3n) is 4.16. The van der Waals surface area contributed by atoms with Crippen LogP contribution in [0.25, 0.3) is 6.08 Å². The van der Waals surface area contributed by atoms with E-state index in [1.807, 2.05) is 43.3 Å². The first-order valence-corrected chi connectivity index (χ1v) is 10.5. The summed E-state index contributed by atoms with van der Waals surface area (Å²) >= 11 is 0. The van der Waals surface area contributed by atoms with Crippen molar-refractivity contribution in [3.05, 3.63) is 69.8 Å². The number of nitro groups is 1. The summed E-state index contributed by atoms with van der Waals surface area (Å²) in [7, 11) is -3.79. The fourth-order valence-corrected chi connectivity index (χ4v) is 4.16. The first-order valence-electron chi connectivity index (χ1n) is 9.10. The van der Waals surface area contributed by atoms with Crippen molar-refractivity contribution in [1.82, 2.24) is 4.31 Å². The van der Waals surface area contributed by atoms with Gasteiger partial charge in [0.15, 0.2) is 0 Å². The molecule has 0 aliphatic carbocycles. The first-order chi connectivity index (χ1) is 13.8. The molecule has 29 heavy (non-hydrogen) atoms. The molecule has 0 radical (unpaired) electrons. The SMILES string of the molecule is CCN(CC)S(=O)(=O)c1ccc(N/N=C/C(C)=C/c2ccccc2)c([N+](=O)[O-])c1. The molecule has 1 N–H and O–H groups in total. The fourth-order valence-electron chi connectivity index (χ4n) is 2.68. The number of hydrogen-bond donors (Lipinski definition) is 1. The summed E-state index contributed by atoms with van der Waals surface area (Å²) in [6.07, 6.45) is 3.45. The van der Waals surface area contributed by atoms with Gasteiger partial charge in [0.1, 0.15) is 5.69 Å². The van der Waals surface area contributed by atoms with Crippen LogP contribution in [0.3, 0.4) is 0 Å². The van der Waals surface area contributed by atoms with E-state index < -0.39 is 14.9 Å². The van der Waals surface area contributed by atoms with Gasteiger partial charge in [-0.1, -0.05) is 50.3 Å². The van der Waals surface area contributed by atoms with Gasteiger partial charge >= 0.3 is 0 Å². The molecule has 0 fully saturated rings. The molecule has 154 valence electrons. The summed E-state index contributed by atoms with van der Waals surface area (Å²) in [5, 5.41) is 15.5. The molecule has 0 aliphatic heterocycles. The standard InChI is InChI=1S/C20H24N4O4S/c1-4-23(5-2)29(27,28)18-11-12-19(20(14-18)24(25)26)22-21-15-16(3)13-17-9-7-6-8-10-17/h6-15,22H,4-5H2,1-3H3/b16-13+,21-15+. The molecule has 0 unspecified atom stereocenters. The number of nitrogens with zero attached hydrogens (tertiary/aromatic N) is 3. The molecule has 2 aromatic carbocycles. The van der Waals surface area contributed by atoms with Crippen LogP contribution in [0.2, 0.25) is 0 Å².